The second-order valence-electron chi connectivity index (χ2n) is 7.67. The second-order valence-corrected chi connectivity index (χ2v) is 7.67. The van der Waals surface area contributed by atoms with E-state index in [-0.39, 0.29) is 0 Å². The third-order valence-electron chi connectivity index (χ3n) is 6.11. The number of hydrogen-bond donors (Lipinski definition) is 0. The molecule has 2 aliphatic heterocycles. The van der Waals surface area contributed by atoms with Crippen LogP contribution in [0.5, 0.6) is 5.75 Å². The number of hydrogen-bond acceptors (Lipinski definition) is 3. The highest BCUT2D eigenvalue weighted by molar-refractivity contribution is 6.08. The Hall–Kier alpha value is -2.94. The molecule has 0 aliphatic carbocycles. The normalized spacial score (nSPS) is 19.8. The highest BCUT2D eigenvalue weighted by Crippen LogP contribution is 2.47. The van der Waals surface area contributed by atoms with Gasteiger partial charge >= 0.3 is 0 Å². The number of aryl methyl sites for hydroxylation is 3. The summed E-state index contributed by atoms with van der Waals surface area (Å²) >= 11 is 0. The van der Waals surface area contributed by atoms with Gasteiger partial charge in [-0.25, -0.2) is 9.98 Å². The van der Waals surface area contributed by atoms with Gasteiger partial charge < -0.3 is 4.74 Å². The molecule has 0 saturated heterocycles. The van der Waals surface area contributed by atoms with Gasteiger partial charge in [-0.05, 0) is 74.4 Å². The Kier molecular flexibility index (Phi) is 3.18. The number of rotatable bonds is 0. The molecule has 1 atom stereocenters. The van der Waals surface area contributed by atoms with Crippen LogP contribution in [0.1, 0.15) is 29.2 Å². The van der Waals surface area contributed by atoms with Crippen molar-refractivity contribution in [1.82, 2.24) is 0 Å². The van der Waals surface area contributed by atoms with Crippen molar-refractivity contribution in [3.63, 3.8) is 0 Å². The van der Waals surface area contributed by atoms with Gasteiger partial charge in [0.1, 0.15) is 5.69 Å². The van der Waals surface area contributed by atoms with E-state index in [0.29, 0.717) is 0 Å². The quantitative estimate of drug-likeness (QED) is 0.590. The first-order valence-corrected chi connectivity index (χ1v) is 9.37. The average molecular weight is 354 g/mol. The lowest BCUT2D eigenvalue weighted by molar-refractivity contribution is 0.211. The molecule has 0 bridgehead atoms. The minimum atomic E-state index is -0.832. The van der Waals surface area contributed by atoms with Crippen LogP contribution in [-0.2, 0) is 0 Å². The smallest absolute Gasteiger partial charge is 0.260 e. The molecule has 0 fully saturated rings. The lowest BCUT2D eigenvalue weighted by Gasteiger charge is -2.32. The summed E-state index contributed by atoms with van der Waals surface area (Å²) in [6.07, 6.45) is 2.09. The summed E-state index contributed by atoms with van der Waals surface area (Å²) in [5, 5.41) is 4.49. The van der Waals surface area contributed by atoms with Crippen molar-refractivity contribution in [1.29, 1.82) is 0 Å². The number of nitrogens with zero attached hydrogens (tertiary/aromatic N) is 2. The molecule has 1 unspecified atom stereocenters. The maximum Gasteiger partial charge on any atom is 0.260 e. The van der Waals surface area contributed by atoms with Crippen LogP contribution in [0.4, 0.5) is 5.69 Å². The van der Waals surface area contributed by atoms with Crippen molar-refractivity contribution in [2.24, 2.45) is 9.98 Å². The lowest BCUT2D eigenvalue weighted by atomic mass is 9.91. The molecule has 27 heavy (non-hydrogen) atoms. The Bertz CT molecular complexity index is 1260. The molecule has 0 N–H and O–H groups in total. The molecule has 2 heterocycles. The number of aliphatic imine (C=N–C) groups is 1. The van der Waals surface area contributed by atoms with Gasteiger partial charge in [-0.3, -0.25) is 0 Å². The molecular formula is C24H22N2O. The third-order valence-corrected chi connectivity index (χ3v) is 6.11. The topological polar surface area (TPSA) is 34.0 Å². The van der Waals surface area contributed by atoms with E-state index in [0.717, 1.165) is 38.7 Å². The number of ether oxygens (including phenoxy) is 1. The van der Waals surface area contributed by atoms with E-state index < -0.39 is 5.72 Å². The van der Waals surface area contributed by atoms with Gasteiger partial charge in [0.25, 0.3) is 5.72 Å². The molecule has 134 valence electrons. The van der Waals surface area contributed by atoms with E-state index in [9.17, 15) is 0 Å². The van der Waals surface area contributed by atoms with Crippen molar-refractivity contribution >= 4 is 28.2 Å². The monoisotopic (exact) mass is 354 g/mol. The van der Waals surface area contributed by atoms with Gasteiger partial charge in [-0.1, -0.05) is 30.3 Å². The molecule has 0 aromatic heterocycles. The van der Waals surface area contributed by atoms with Crippen molar-refractivity contribution < 1.29 is 4.74 Å². The zero-order valence-electron chi connectivity index (χ0n) is 16.3. The first-order valence-electron chi connectivity index (χ1n) is 9.37. The highest BCUT2D eigenvalue weighted by Gasteiger charge is 2.40. The van der Waals surface area contributed by atoms with Crippen molar-refractivity contribution in [2.45, 2.75) is 40.3 Å². The first-order chi connectivity index (χ1) is 12.9. The van der Waals surface area contributed by atoms with Crippen LogP contribution in [0.25, 0.3) is 16.8 Å². The van der Waals surface area contributed by atoms with E-state index in [2.05, 4.69) is 52.0 Å². The molecule has 5 rings (SSSR count). The molecule has 0 amide bonds. The van der Waals surface area contributed by atoms with E-state index >= 15 is 0 Å². The van der Waals surface area contributed by atoms with Gasteiger partial charge in [-0.15, -0.1) is 0 Å². The molecule has 1 spiro atoms. The number of benzene rings is 3. The Morgan fingerprint density at radius 2 is 1.63 bits per heavy atom. The Morgan fingerprint density at radius 3 is 2.41 bits per heavy atom. The third kappa shape index (κ3) is 2.08. The molecule has 0 saturated carbocycles. The van der Waals surface area contributed by atoms with E-state index in [1.807, 2.05) is 25.1 Å². The maximum atomic E-state index is 6.61. The van der Waals surface area contributed by atoms with E-state index in [1.165, 1.54) is 22.1 Å². The predicted molar refractivity (Wildman–Crippen MR) is 111 cm³/mol. The Morgan fingerprint density at radius 1 is 0.852 bits per heavy atom. The zero-order chi connectivity index (χ0) is 18.9. The van der Waals surface area contributed by atoms with E-state index in [4.69, 9.17) is 14.7 Å². The minimum absolute atomic E-state index is 0.832. The lowest BCUT2D eigenvalue weighted by Crippen LogP contribution is -2.40. The fourth-order valence-corrected chi connectivity index (χ4v) is 4.24. The fourth-order valence-electron chi connectivity index (χ4n) is 4.24. The Labute approximate surface area is 158 Å². The van der Waals surface area contributed by atoms with Crippen LogP contribution >= 0.6 is 0 Å². The van der Waals surface area contributed by atoms with Gasteiger partial charge in [0, 0.05) is 10.6 Å². The maximum absolute atomic E-state index is 6.61. The minimum Gasteiger partial charge on any atom is -0.454 e. The van der Waals surface area contributed by atoms with Gasteiger partial charge in [0.05, 0.1) is 11.1 Å². The van der Waals surface area contributed by atoms with Crippen LogP contribution in [0.15, 0.2) is 46.4 Å². The zero-order valence-corrected chi connectivity index (χ0v) is 16.3. The SMILES string of the molecule is CC1=Nc2c(c(C)c(C)c3c(C)c(C)ccc23)OC12C=c1ccccc1=N2. The molecule has 2 aliphatic rings. The van der Waals surface area contributed by atoms with Crippen LogP contribution in [0, 0.1) is 27.7 Å². The molecule has 3 nitrogen and oxygen atoms in total. The predicted octanol–water partition coefficient (Wildman–Crippen LogP) is 4.37. The van der Waals surface area contributed by atoms with Gasteiger partial charge in [0.15, 0.2) is 5.75 Å². The van der Waals surface area contributed by atoms with Crippen LogP contribution in [0.3, 0.4) is 0 Å². The summed E-state index contributed by atoms with van der Waals surface area (Å²) < 4.78 is 6.61. The highest BCUT2D eigenvalue weighted by atomic mass is 16.5. The summed E-state index contributed by atoms with van der Waals surface area (Å²) in [7, 11) is 0. The number of fused-ring (bicyclic) bond motifs is 4. The summed E-state index contributed by atoms with van der Waals surface area (Å²) in [5.41, 5.74) is 5.97. The van der Waals surface area contributed by atoms with Crippen LogP contribution < -0.4 is 15.3 Å². The van der Waals surface area contributed by atoms with E-state index in [1.54, 1.807) is 0 Å². The summed E-state index contributed by atoms with van der Waals surface area (Å²) in [5.74, 6) is 0.849. The van der Waals surface area contributed by atoms with Gasteiger partial charge in [0.2, 0.25) is 0 Å². The first kappa shape index (κ1) is 16.2. The molecule has 0 radical (unpaired) electrons. The summed E-state index contributed by atoms with van der Waals surface area (Å²) in [6.45, 7) is 10.7. The van der Waals surface area contributed by atoms with Crippen LogP contribution in [0.2, 0.25) is 0 Å². The molecular weight excluding hydrogens is 332 g/mol. The largest absolute Gasteiger partial charge is 0.454 e. The standard InChI is InChI=1S/C24H22N2O/c1-13-10-11-19-21(14(13)2)15(3)16(4)23-22(19)25-17(5)24(27-23)12-18-8-6-7-9-20(18)26-24/h6-12H,1-5H3. The van der Waals surface area contributed by atoms with Crippen molar-refractivity contribution in [3.05, 3.63) is 69.2 Å². The molecule has 3 heteroatoms. The van der Waals surface area contributed by atoms with Gasteiger partial charge in [-0.2, -0.15) is 0 Å². The summed E-state index contributed by atoms with van der Waals surface area (Å²) in [6, 6.07) is 12.5. The molecule has 3 aromatic carbocycles. The number of para-hydroxylation sites is 1. The van der Waals surface area contributed by atoms with Crippen molar-refractivity contribution in [2.75, 3.05) is 0 Å². The van der Waals surface area contributed by atoms with Crippen molar-refractivity contribution in [3.8, 4) is 5.75 Å². The average Bonchev–Trinajstić information content (AvgIpc) is 3.03. The summed E-state index contributed by atoms with van der Waals surface area (Å²) in [4.78, 5) is 9.93. The van der Waals surface area contributed by atoms with Crippen LogP contribution in [-0.4, -0.2) is 11.4 Å². The Balaban J connectivity index is 1.83. The fraction of sp³-hybridized carbons (Fsp3) is 0.250. The second kappa shape index (κ2) is 5.29. The molecule has 3 aromatic rings.